The molecule has 0 unspecified atom stereocenters. The molecular formula is C9H6N4S. The highest BCUT2D eigenvalue weighted by Crippen LogP contribution is 2.08. The van der Waals surface area contributed by atoms with Crippen LogP contribution in [-0.4, -0.2) is 14.8 Å². The van der Waals surface area contributed by atoms with Gasteiger partial charge in [-0.2, -0.15) is 10.4 Å². The molecule has 0 spiro atoms. The molecule has 0 atom stereocenters. The van der Waals surface area contributed by atoms with E-state index in [1.165, 1.54) is 0 Å². The number of nitrogens with zero attached hydrogens (tertiary/aromatic N) is 3. The van der Waals surface area contributed by atoms with E-state index in [9.17, 15) is 0 Å². The standard InChI is InChI=1S/C9H6N4S/c10-5-7-1-3-8(4-2-7)13-6-11-12-9(13)14/h1-4,6H,(H,12,14). The Balaban J connectivity index is 2.50. The summed E-state index contributed by atoms with van der Waals surface area (Å²) in [6, 6.07) is 9.18. The predicted octanol–water partition coefficient (Wildman–Crippen LogP) is 1.80. The molecule has 0 saturated heterocycles. The van der Waals surface area contributed by atoms with Gasteiger partial charge in [0.2, 0.25) is 0 Å². The van der Waals surface area contributed by atoms with E-state index in [1.54, 1.807) is 23.0 Å². The molecule has 0 aliphatic rings. The Morgan fingerprint density at radius 1 is 1.36 bits per heavy atom. The van der Waals surface area contributed by atoms with Gasteiger partial charge in [-0.3, -0.25) is 9.67 Å². The van der Waals surface area contributed by atoms with E-state index in [2.05, 4.69) is 16.3 Å². The van der Waals surface area contributed by atoms with E-state index in [-0.39, 0.29) is 0 Å². The van der Waals surface area contributed by atoms with Gasteiger partial charge in [-0.1, -0.05) is 0 Å². The minimum Gasteiger partial charge on any atom is -0.275 e. The highest BCUT2D eigenvalue weighted by Gasteiger charge is 1.97. The van der Waals surface area contributed by atoms with Crippen molar-refractivity contribution in [2.45, 2.75) is 0 Å². The molecule has 1 aromatic heterocycles. The van der Waals surface area contributed by atoms with Gasteiger partial charge in [0.1, 0.15) is 6.33 Å². The Hall–Kier alpha value is -1.93. The highest BCUT2D eigenvalue weighted by molar-refractivity contribution is 7.71. The molecule has 1 N–H and O–H groups in total. The molecule has 0 saturated carbocycles. The first kappa shape index (κ1) is 8.66. The average molecular weight is 202 g/mol. The second kappa shape index (κ2) is 3.44. The van der Waals surface area contributed by atoms with E-state index in [0.717, 1.165) is 5.69 Å². The lowest BCUT2D eigenvalue weighted by atomic mass is 10.2. The molecule has 0 fully saturated rings. The number of aromatic nitrogens is 3. The molecule has 1 aromatic carbocycles. The Morgan fingerprint density at radius 3 is 2.57 bits per heavy atom. The first-order chi connectivity index (χ1) is 6.81. The van der Waals surface area contributed by atoms with E-state index in [0.29, 0.717) is 10.3 Å². The van der Waals surface area contributed by atoms with Crippen LogP contribution in [0.4, 0.5) is 0 Å². The maximum Gasteiger partial charge on any atom is 0.199 e. The van der Waals surface area contributed by atoms with Crippen molar-refractivity contribution in [2.24, 2.45) is 0 Å². The van der Waals surface area contributed by atoms with Crippen LogP contribution in [0.5, 0.6) is 0 Å². The fraction of sp³-hybridized carbons (Fsp3) is 0. The van der Waals surface area contributed by atoms with Gasteiger partial charge in [0.15, 0.2) is 4.77 Å². The first-order valence-electron chi connectivity index (χ1n) is 3.94. The van der Waals surface area contributed by atoms with E-state index in [4.69, 9.17) is 17.5 Å². The van der Waals surface area contributed by atoms with Crippen molar-refractivity contribution in [3.8, 4) is 11.8 Å². The fourth-order valence-corrected chi connectivity index (χ4v) is 1.33. The van der Waals surface area contributed by atoms with Crippen molar-refractivity contribution in [3.05, 3.63) is 40.9 Å². The topological polar surface area (TPSA) is 57.4 Å². The number of benzene rings is 1. The van der Waals surface area contributed by atoms with Crippen LogP contribution >= 0.6 is 12.2 Å². The molecule has 4 nitrogen and oxygen atoms in total. The van der Waals surface area contributed by atoms with Gasteiger partial charge in [-0.15, -0.1) is 0 Å². The second-order valence-electron chi connectivity index (χ2n) is 2.69. The summed E-state index contributed by atoms with van der Waals surface area (Å²) in [5.74, 6) is 0. The summed E-state index contributed by atoms with van der Waals surface area (Å²) in [6.07, 6.45) is 1.60. The SMILES string of the molecule is N#Cc1ccc(-n2cn[nH]c2=S)cc1. The lowest BCUT2D eigenvalue weighted by Crippen LogP contribution is -1.91. The summed E-state index contributed by atoms with van der Waals surface area (Å²) >= 11 is 5.01. The highest BCUT2D eigenvalue weighted by atomic mass is 32.1. The molecule has 0 bridgehead atoms. The van der Waals surface area contributed by atoms with Crippen LogP contribution in [0.3, 0.4) is 0 Å². The second-order valence-corrected chi connectivity index (χ2v) is 3.08. The summed E-state index contributed by atoms with van der Waals surface area (Å²) in [5.41, 5.74) is 1.52. The van der Waals surface area contributed by atoms with Crippen LogP contribution in [0.2, 0.25) is 0 Å². The lowest BCUT2D eigenvalue weighted by Gasteiger charge is -1.99. The van der Waals surface area contributed by atoms with Crippen molar-refractivity contribution in [1.82, 2.24) is 14.8 Å². The van der Waals surface area contributed by atoms with Gasteiger partial charge in [0, 0.05) is 5.69 Å². The van der Waals surface area contributed by atoms with E-state index >= 15 is 0 Å². The van der Waals surface area contributed by atoms with Crippen molar-refractivity contribution in [2.75, 3.05) is 0 Å². The maximum absolute atomic E-state index is 8.62. The molecule has 1 heterocycles. The molecule has 0 radical (unpaired) electrons. The van der Waals surface area contributed by atoms with Crippen LogP contribution < -0.4 is 0 Å². The first-order valence-corrected chi connectivity index (χ1v) is 4.34. The maximum atomic E-state index is 8.62. The normalized spacial score (nSPS) is 9.64. The molecule has 5 heteroatoms. The van der Waals surface area contributed by atoms with Crippen LogP contribution in [0, 0.1) is 16.1 Å². The largest absolute Gasteiger partial charge is 0.275 e. The minimum atomic E-state index is 0.537. The third kappa shape index (κ3) is 1.43. The van der Waals surface area contributed by atoms with Gasteiger partial charge >= 0.3 is 0 Å². The van der Waals surface area contributed by atoms with Crippen molar-refractivity contribution in [3.63, 3.8) is 0 Å². The van der Waals surface area contributed by atoms with Crippen LogP contribution in [0.25, 0.3) is 5.69 Å². The van der Waals surface area contributed by atoms with Crippen molar-refractivity contribution in [1.29, 1.82) is 5.26 Å². The molecule has 2 rings (SSSR count). The number of aromatic amines is 1. The van der Waals surface area contributed by atoms with E-state index in [1.807, 2.05) is 12.1 Å². The molecule has 0 amide bonds. The van der Waals surface area contributed by atoms with Gasteiger partial charge < -0.3 is 0 Å². The van der Waals surface area contributed by atoms with Crippen molar-refractivity contribution < 1.29 is 0 Å². The number of rotatable bonds is 1. The van der Waals surface area contributed by atoms with Gasteiger partial charge in [-0.05, 0) is 36.5 Å². The number of nitrogens with one attached hydrogen (secondary N) is 1. The summed E-state index contributed by atoms with van der Waals surface area (Å²) in [6.45, 7) is 0. The summed E-state index contributed by atoms with van der Waals surface area (Å²) in [7, 11) is 0. The zero-order valence-electron chi connectivity index (χ0n) is 7.14. The molecule has 0 aliphatic carbocycles. The smallest absolute Gasteiger partial charge is 0.199 e. The van der Waals surface area contributed by atoms with Crippen molar-refractivity contribution >= 4 is 12.2 Å². The van der Waals surface area contributed by atoms with Gasteiger partial charge in [-0.25, -0.2) is 0 Å². The number of hydrogen-bond acceptors (Lipinski definition) is 3. The molecule has 2 aromatic rings. The fourth-order valence-electron chi connectivity index (χ4n) is 1.13. The van der Waals surface area contributed by atoms with E-state index < -0.39 is 0 Å². The zero-order valence-corrected chi connectivity index (χ0v) is 7.95. The third-order valence-electron chi connectivity index (χ3n) is 1.83. The Bertz CT molecular complexity index is 529. The summed E-state index contributed by atoms with van der Waals surface area (Å²) in [4.78, 5) is 0. The summed E-state index contributed by atoms with van der Waals surface area (Å²) < 4.78 is 2.27. The third-order valence-corrected chi connectivity index (χ3v) is 2.11. The van der Waals surface area contributed by atoms with Gasteiger partial charge in [0.05, 0.1) is 11.6 Å². The predicted molar refractivity (Wildman–Crippen MR) is 53.5 cm³/mol. The van der Waals surface area contributed by atoms with Crippen LogP contribution in [0.1, 0.15) is 5.56 Å². The van der Waals surface area contributed by atoms with Gasteiger partial charge in [0.25, 0.3) is 0 Å². The Kier molecular flexibility index (Phi) is 2.13. The minimum absolute atomic E-state index is 0.537. The zero-order chi connectivity index (χ0) is 9.97. The number of H-pyrrole nitrogens is 1. The quantitative estimate of drug-likeness (QED) is 0.717. The lowest BCUT2D eigenvalue weighted by molar-refractivity contribution is 1.03. The number of hydrogen-bond donors (Lipinski definition) is 1. The molecule has 68 valence electrons. The van der Waals surface area contributed by atoms with Crippen LogP contribution in [0.15, 0.2) is 30.6 Å². The Morgan fingerprint density at radius 2 is 2.07 bits per heavy atom. The summed E-state index contributed by atoms with van der Waals surface area (Å²) in [5, 5.41) is 15.1. The molecular weight excluding hydrogens is 196 g/mol. The monoisotopic (exact) mass is 202 g/mol. The molecule has 14 heavy (non-hydrogen) atoms. The molecule has 0 aliphatic heterocycles. The van der Waals surface area contributed by atoms with Crippen LogP contribution in [-0.2, 0) is 0 Å². The number of nitriles is 1. The average Bonchev–Trinajstić information content (AvgIpc) is 2.65. The Labute approximate surface area is 85.4 Å².